The minimum atomic E-state index is 0.417. The van der Waals surface area contributed by atoms with Crippen LogP contribution in [0.4, 0.5) is 0 Å². The minimum absolute atomic E-state index is 0.417. The van der Waals surface area contributed by atoms with E-state index in [1.807, 2.05) is 32.0 Å². The molecule has 0 radical (unpaired) electrons. The van der Waals surface area contributed by atoms with E-state index in [0.717, 1.165) is 37.1 Å². The average Bonchev–Trinajstić information content (AvgIpc) is 2.26. The topological polar surface area (TPSA) is 41.5 Å². The number of ether oxygens (including phenoxy) is 1. The summed E-state index contributed by atoms with van der Waals surface area (Å²) in [7, 11) is 0. The van der Waals surface area contributed by atoms with Gasteiger partial charge in [0.2, 0.25) is 0 Å². The van der Waals surface area contributed by atoms with E-state index in [4.69, 9.17) is 4.74 Å². The highest BCUT2D eigenvalue weighted by Gasteiger charge is 2.28. The summed E-state index contributed by atoms with van der Waals surface area (Å²) in [6.07, 6.45) is 2.60. The molecule has 0 aliphatic heterocycles. The number of phenols is 1. The highest BCUT2D eigenvalue weighted by atomic mass is 16.5. The van der Waals surface area contributed by atoms with E-state index in [1.54, 1.807) is 0 Å². The second-order valence-corrected chi connectivity index (χ2v) is 4.71. The first-order valence-corrected chi connectivity index (χ1v) is 6.33. The molecule has 1 fully saturated rings. The van der Waals surface area contributed by atoms with E-state index >= 15 is 0 Å². The van der Waals surface area contributed by atoms with Gasteiger partial charge in [0.1, 0.15) is 5.75 Å². The Bertz CT molecular complexity index is 372. The molecule has 17 heavy (non-hydrogen) atoms. The first-order valence-electron chi connectivity index (χ1n) is 6.33. The largest absolute Gasteiger partial charge is 0.507 e. The van der Waals surface area contributed by atoms with E-state index in [-0.39, 0.29) is 0 Å². The molecule has 0 unspecified atom stereocenters. The van der Waals surface area contributed by atoms with Crippen molar-refractivity contribution in [1.82, 2.24) is 5.32 Å². The zero-order valence-corrected chi connectivity index (χ0v) is 10.6. The van der Waals surface area contributed by atoms with Crippen LogP contribution in [0.25, 0.3) is 0 Å². The normalized spacial score (nSPS) is 23.4. The highest BCUT2D eigenvalue weighted by molar-refractivity contribution is 5.39. The van der Waals surface area contributed by atoms with Crippen LogP contribution in [0, 0.1) is 6.92 Å². The monoisotopic (exact) mass is 235 g/mol. The van der Waals surface area contributed by atoms with Crippen LogP contribution >= 0.6 is 0 Å². The smallest absolute Gasteiger partial charge is 0.122 e. The molecule has 0 atom stereocenters. The Morgan fingerprint density at radius 3 is 2.88 bits per heavy atom. The molecule has 94 valence electrons. The molecule has 0 aromatic heterocycles. The van der Waals surface area contributed by atoms with Gasteiger partial charge in [0, 0.05) is 24.8 Å². The van der Waals surface area contributed by atoms with Gasteiger partial charge in [-0.15, -0.1) is 0 Å². The molecule has 2 rings (SSSR count). The lowest BCUT2D eigenvalue weighted by atomic mass is 9.89. The Kier molecular flexibility index (Phi) is 4.02. The van der Waals surface area contributed by atoms with Crippen molar-refractivity contribution < 1.29 is 9.84 Å². The third-order valence-corrected chi connectivity index (χ3v) is 3.40. The van der Waals surface area contributed by atoms with Crippen molar-refractivity contribution in [2.45, 2.75) is 45.4 Å². The molecule has 0 spiro atoms. The molecule has 0 amide bonds. The first-order chi connectivity index (χ1) is 8.20. The zero-order chi connectivity index (χ0) is 12.3. The second kappa shape index (κ2) is 5.52. The number of aryl methyl sites for hydroxylation is 1. The third-order valence-electron chi connectivity index (χ3n) is 3.40. The van der Waals surface area contributed by atoms with Gasteiger partial charge < -0.3 is 15.2 Å². The van der Waals surface area contributed by atoms with Gasteiger partial charge in [-0.2, -0.15) is 0 Å². The standard InChI is InChI=1S/C14H21NO2/c1-3-17-13-7-12(8-13)15-9-11-6-4-5-10(2)14(11)16/h4-6,12-13,15-16H,3,7-9H2,1-2H3. The lowest BCUT2D eigenvalue weighted by Gasteiger charge is -2.35. The third kappa shape index (κ3) is 2.99. The molecule has 0 bridgehead atoms. The van der Waals surface area contributed by atoms with Gasteiger partial charge in [-0.05, 0) is 32.3 Å². The molecule has 0 saturated heterocycles. The lowest BCUT2D eigenvalue weighted by molar-refractivity contribution is -0.0102. The van der Waals surface area contributed by atoms with Crippen LogP contribution in [-0.2, 0) is 11.3 Å². The number of hydrogen-bond acceptors (Lipinski definition) is 3. The molecule has 1 aliphatic carbocycles. The van der Waals surface area contributed by atoms with Crippen LogP contribution in [0.2, 0.25) is 0 Å². The van der Waals surface area contributed by atoms with E-state index in [0.29, 0.717) is 17.9 Å². The molecule has 2 N–H and O–H groups in total. The Balaban J connectivity index is 1.78. The predicted molar refractivity (Wildman–Crippen MR) is 68.1 cm³/mol. The summed E-state index contributed by atoms with van der Waals surface area (Å²) in [5, 5.41) is 13.3. The fourth-order valence-electron chi connectivity index (χ4n) is 2.22. The van der Waals surface area contributed by atoms with Gasteiger partial charge in [0.25, 0.3) is 0 Å². The zero-order valence-electron chi connectivity index (χ0n) is 10.6. The van der Waals surface area contributed by atoms with Gasteiger partial charge in [0.05, 0.1) is 6.10 Å². The predicted octanol–water partition coefficient (Wildman–Crippen LogP) is 2.36. The number of para-hydroxylation sites is 1. The number of phenolic OH excluding ortho intramolecular Hbond substituents is 1. The van der Waals surface area contributed by atoms with E-state index < -0.39 is 0 Å². The van der Waals surface area contributed by atoms with Crippen molar-refractivity contribution in [2.75, 3.05) is 6.61 Å². The Hall–Kier alpha value is -1.06. The van der Waals surface area contributed by atoms with E-state index in [2.05, 4.69) is 5.32 Å². The summed E-state index contributed by atoms with van der Waals surface area (Å²) in [6.45, 7) is 5.49. The van der Waals surface area contributed by atoms with Gasteiger partial charge in [-0.3, -0.25) is 0 Å². The van der Waals surface area contributed by atoms with Gasteiger partial charge >= 0.3 is 0 Å². The van der Waals surface area contributed by atoms with Crippen molar-refractivity contribution >= 4 is 0 Å². The van der Waals surface area contributed by atoms with Crippen molar-refractivity contribution in [3.05, 3.63) is 29.3 Å². The molecule has 3 heteroatoms. The number of hydrogen-bond donors (Lipinski definition) is 2. The maximum absolute atomic E-state index is 9.87. The summed E-state index contributed by atoms with van der Waals surface area (Å²) >= 11 is 0. The maximum Gasteiger partial charge on any atom is 0.122 e. The SMILES string of the molecule is CCOC1CC(NCc2cccc(C)c2O)C1. The fraction of sp³-hybridized carbons (Fsp3) is 0.571. The molecule has 3 nitrogen and oxygen atoms in total. The van der Waals surface area contributed by atoms with Gasteiger partial charge in [0.15, 0.2) is 0 Å². The maximum atomic E-state index is 9.87. The average molecular weight is 235 g/mol. The van der Waals surface area contributed by atoms with Crippen molar-refractivity contribution in [2.24, 2.45) is 0 Å². The van der Waals surface area contributed by atoms with Gasteiger partial charge in [-0.25, -0.2) is 0 Å². The van der Waals surface area contributed by atoms with E-state index in [1.165, 1.54) is 0 Å². The molecular weight excluding hydrogens is 214 g/mol. The Labute approximate surface area is 103 Å². The molecule has 0 heterocycles. The number of rotatable bonds is 5. The lowest BCUT2D eigenvalue weighted by Crippen LogP contribution is -2.45. The Morgan fingerprint density at radius 1 is 1.41 bits per heavy atom. The highest BCUT2D eigenvalue weighted by Crippen LogP contribution is 2.25. The molecule has 1 aliphatic rings. The van der Waals surface area contributed by atoms with Crippen LogP contribution < -0.4 is 5.32 Å². The van der Waals surface area contributed by atoms with Crippen molar-refractivity contribution in [3.63, 3.8) is 0 Å². The Morgan fingerprint density at radius 2 is 2.18 bits per heavy atom. The van der Waals surface area contributed by atoms with E-state index in [9.17, 15) is 5.11 Å². The quantitative estimate of drug-likeness (QED) is 0.823. The van der Waals surface area contributed by atoms with Crippen LogP contribution in [0.5, 0.6) is 5.75 Å². The number of benzene rings is 1. The minimum Gasteiger partial charge on any atom is -0.507 e. The summed E-state index contributed by atoms with van der Waals surface area (Å²) in [6, 6.07) is 6.41. The molecule has 1 saturated carbocycles. The number of nitrogens with one attached hydrogen (secondary N) is 1. The first kappa shape index (κ1) is 12.4. The van der Waals surface area contributed by atoms with Gasteiger partial charge in [-0.1, -0.05) is 18.2 Å². The summed E-state index contributed by atoms with van der Waals surface area (Å²) < 4.78 is 5.51. The fourth-order valence-corrected chi connectivity index (χ4v) is 2.22. The van der Waals surface area contributed by atoms with Crippen LogP contribution in [0.15, 0.2) is 18.2 Å². The summed E-state index contributed by atoms with van der Waals surface area (Å²) in [4.78, 5) is 0. The second-order valence-electron chi connectivity index (χ2n) is 4.71. The summed E-state index contributed by atoms with van der Waals surface area (Å²) in [5.41, 5.74) is 1.91. The van der Waals surface area contributed by atoms with Crippen molar-refractivity contribution in [1.29, 1.82) is 0 Å². The number of aromatic hydroxyl groups is 1. The molecule has 1 aromatic rings. The van der Waals surface area contributed by atoms with Crippen LogP contribution in [-0.4, -0.2) is 23.9 Å². The van der Waals surface area contributed by atoms with Crippen molar-refractivity contribution in [3.8, 4) is 5.75 Å². The van der Waals surface area contributed by atoms with Crippen LogP contribution in [0.1, 0.15) is 30.9 Å². The summed E-state index contributed by atoms with van der Waals surface area (Å²) in [5.74, 6) is 0.417. The van der Waals surface area contributed by atoms with Crippen LogP contribution in [0.3, 0.4) is 0 Å². The molecule has 1 aromatic carbocycles. The molecular formula is C14H21NO2.